The Labute approximate surface area is 68.2 Å². The SMILES string of the molecule is NC(=O)C(O[P+](=O)O)O[P+](=O)O. The summed E-state index contributed by atoms with van der Waals surface area (Å²) in [6, 6.07) is 0. The van der Waals surface area contributed by atoms with Crippen LogP contribution < -0.4 is 5.73 Å². The molecular weight excluding hydrogens is 212 g/mol. The number of primary amides is 1. The molecule has 0 aromatic rings. The van der Waals surface area contributed by atoms with E-state index < -0.39 is 28.7 Å². The lowest BCUT2D eigenvalue weighted by Crippen LogP contribution is -2.30. The highest BCUT2D eigenvalue weighted by molar-refractivity contribution is 7.33. The maximum absolute atomic E-state index is 10.3. The average molecular weight is 217 g/mol. The summed E-state index contributed by atoms with van der Waals surface area (Å²) in [6.45, 7) is 0. The fraction of sp³-hybridized carbons (Fsp3) is 0.500. The van der Waals surface area contributed by atoms with Gasteiger partial charge in [-0.2, -0.15) is 0 Å². The summed E-state index contributed by atoms with van der Waals surface area (Å²) >= 11 is 0. The molecule has 0 saturated heterocycles. The van der Waals surface area contributed by atoms with Gasteiger partial charge in [0.15, 0.2) is 0 Å². The summed E-state index contributed by atoms with van der Waals surface area (Å²) in [5, 5.41) is 0. The topological polar surface area (TPSA) is 136 Å². The highest BCUT2D eigenvalue weighted by Crippen LogP contribution is 2.25. The van der Waals surface area contributed by atoms with Gasteiger partial charge in [-0.25, -0.2) is 0 Å². The van der Waals surface area contributed by atoms with Gasteiger partial charge in [-0.05, 0) is 0 Å². The van der Waals surface area contributed by atoms with Gasteiger partial charge >= 0.3 is 22.8 Å². The van der Waals surface area contributed by atoms with Crippen LogP contribution in [-0.4, -0.2) is 22.0 Å². The molecule has 0 bridgehead atoms. The lowest BCUT2D eigenvalue weighted by molar-refractivity contribution is -0.137. The standard InChI is InChI=1S/C2H3NO7P2/c3-1(4)2(9-11(5)6)10-12(7)8/h2H,(H2-2,3,4,5,6,7,8)/p+2. The van der Waals surface area contributed by atoms with Crippen LogP contribution in [0, 0.1) is 0 Å². The number of hydrogen-bond acceptors (Lipinski definition) is 5. The molecule has 0 aliphatic carbocycles. The van der Waals surface area contributed by atoms with Gasteiger partial charge in [0.05, 0.1) is 0 Å². The fourth-order valence-electron chi connectivity index (χ4n) is 0.287. The number of amides is 1. The Bertz CT molecular complexity index is 199. The summed E-state index contributed by atoms with van der Waals surface area (Å²) in [5.41, 5.74) is 4.57. The van der Waals surface area contributed by atoms with Crippen molar-refractivity contribution in [3.63, 3.8) is 0 Å². The smallest absolute Gasteiger partial charge is 0.365 e. The molecule has 1 amide bonds. The number of nitrogens with two attached hydrogens (primary N) is 1. The third-order valence-electron chi connectivity index (χ3n) is 0.604. The van der Waals surface area contributed by atoms with Crippen molar-refractivity contribution in [3.8, 4) is 0 Å². The van der Waals surface area contributed by atoms with Crippen molar-refractivity contribution in [2.24, 2.45) is 5.73 Å². The van der Waals surface area contributed by atoms with E-state index in [-0.39, 0.29) is 0 Å². The van der Waals surface area contributed by atoms with Crippen molar-refractivity contribution >= 4 is 22.4 Å². The zero-order valence-electron chi connectivity index (χ0n) is 5.48. The highest BCUT2D eigenvalue weighted by Gasteiger charge is 2.37. The van der Waals surface area contributed by atoms with Crippen molar-refractivity contribution in [3.05, 3.63) is 0 Å². The number of carbonyl (C=O) groups is 1. The second-order valence-electron chi connectivity index (χ2n) is 1.42. The lowest BCUT2D eigenvalue weighted by atomic mass is 10.6. The van der Waals surface area contributed by atoms with Gasteiger partial charge in [0.2, 0.25) is 0 Å². The molecule has 2 unspecified atom stereocenters. The molecule has 0 radical (unpaired) electrons. The van der Waals surface area contributed by atoms with Crippen molar-refractivity contribution < 1.29 is 32.8 Å². The minimum absolute atomic E-state index is 1.27. The Morgan fingerprint density at radius 3 is 1.75 bits per heavy atom. The van der Waals surface area contributed by atoms with Crippen molar-refractivity contribution in [2.75, 3.05) is 0 Å². The van der Waals surface area contributed by atoms with Gasteiger partial charge in [-0.3, -0.25) is 4.79 Å². The maximum atomic E-state index is 10.3. The van der Waals surface area contributed by atoms with Crippen LogP contribution in [0.4, 0.5) is 0 Å². The minimum Gasteiger partial charge on any atom is -0.365 e. The molecule has 10 heteroatoms. The highest BCUT2D eigenvalue weighted by atomic mass is 31.1. The number of carbonyl (C=O) groups excluding carboxylic acids is 1. The second kappa shape index (κ2) is 5.21. The van der Waals surface area contributed by atoms with E-state index in [1.165, 1.54) is 0 Å². The van der Waals surface area contributed by atoms with E-state index in [1.54, 1.807) is 0 Å². The van der Waals surface area contributed by atoms with E-state index in [1.807, 2.05) is 0 Å². The van der Waals surface area contributed by atoms with E-state index in [9.17, 15) is 13.9 Å². The van der Waals surface area contributed by atoms with E-state index in [4.69, 9.17) is 9.79 Å². The summed E-state index contributed by atoms with van der Waals surface area (Å²) < 4.78 is 27.6. The predicted molar refractivity (Wildman–Crippen MR) is 34.8 cm³/mol. The molecule has 0 aromatic heterocycles. The summed E-state index contributed by atoms with van der Waals surface area (Å²) in [4.78, 5) is 26.5. The van der Waals surface area contributed by atoms with Gasteiger partial charge in [0, 0.05) is 9.13 Å². The molecule has 68 valence electrons. The Morgan fingerprint density at radius 1 is 1.25 bits per heavy atom. The maximum Gasteiger partial charge on any atom is 0.698 e. The second-order valence-corrected chi connectivity index (χ2v) is 2.79. The quantitative estimate of drug-likeness (QED) is 0.402. The summed E-state index contributed by atoms with van der Waals surface area (Å²) in [7, 11) is -6.24. The van der Waals surface area contributed by atoms with Gasteiger partial charge < -0.3 is 5.73 Å². The Hall–Kier alpha value is -0.490. The first-order chi connectivity index (χ1) is 5.43. The van der Waals surface area contributed by atoms with Crippen LogP contribution in [0.5, 0.6) is 0 Å². The number of hydrogen-bond donors (Lipinski definition) is 3. The third-order valence-corrected chi connectivity index (χ3v) is 1.35. The van der Waals surface area contributed by atoms with Crippen molar-refractivity contribution in [2.45, 2.75) is 6.29 Å². The van der Waals surface area contributed by atoms with Crippen molar-refractivity contribution in [1.29, 1.82) is 0 Å². The van der Waals surface area contributed by atoms with E-state index in [0.717, 1.165) is 0 Å². The third kappa shape index (κ3) is 5.20. The predicted octanol–water partition coefficient (Wildman–Crippen LogP) is -0.870. The van der Waals surface area contributed by atoms with Gasteiger partial charge in [0.1, 0.15) is 0 Å². The van der Waals surface area contributed by atoms with Gasteiger partial charge in [-0.1, -0.05) is 9.05 Å². The van der Waals surface area contributed by atoms with Gasteiger partial charge in [-0.15, -0.1) is 9.79 Å². The molecule has 8 nitrogen and oxygen atoms in total. The molecule has 0 fully saturated rings. The molecule has 4 N–H and O–H groups in total. The van der Waals surface area contributed by atoms with Crippen LogP contribution in [-0.2, 0) is 23.0 Å². The van der Waals surface area contributed by atoms with Crippen LogP contribution in [0.25, 0.3) is 0 Å². The Balaban J connectivity index is 4.14. The molecule has 0 aliphatic heterocycles. The average Bonchev–Trinajstić information content (AvgIpc) is 1.83. The molecule has 0 aliphatic rings. The van der Waals surface area contributed by atoms with Crippen molar-refractivity contribution in [1.82, 2.24) is 0 Å². The van der Waals surface area contributed by atoms with E-state index in [2.05, 4.69) is 14.8 Å². The van der Waals surface area contributed by atoms with Crippen LogP contribution >= 0.6 is 16.5 Å². The largest absolute Gasteiger partial charge is 0.698 e. The van der Waals surface area contributed by atoms with Crippen LogP contribution in [0.15, 0.2) is 0 Å². The lowest BCUT2D eigenvalue weighted by Gasteiger charge is -1.94. The first kappa shape index (κ1) is 11.5. The number of rotatable bonds is 5. The van der Waals surface area contributed by atoms with Crippen LogP contribution in [0.1, 0.15) is 0 Å². The normalized spacial score (nSPS) is 15.2. The monoisotopic (exact) mass is 217 g/mol. The molecule has 0 aromatic carbocycles. The zero-order valence-corrected chi connectivity index (χ0v) is 7.27. The molecule has 0 spiro atoms. The molecule has 0 rings (SSSR count). The van der Waals surface area contributed by atoms with E-state index in [0.29, 0.717) is 0 Å². The molecule has 2 atom stereocenters. The van der Waals surface area contributed by atoms with E-state index >= 15 is 0 Å². The molecule has 0 saturated carbocycles. The Morgan fingerprint density at radius 2 is 1.58 bits per heavy atom. The molecule has 0 heterocycles. The molecular formula is C2H5NO7P2+2. The van der Waals surface area contributed by atoms with Crippen LogP contribution in [0.3, 0.4) is 0 Å². The molecule has 12 heavy (non-hydrogen) atoms. The minimum atomic E-state index is -3.12. The summed E-state index contributed by atoms with van der Waals surface area (Å²) in [5.74, 6) is -1.27. The van der Waals surface area contributed by atoms with Crippen LogP contribution in [0.2, 0.25) is 0 Å². The first-order valence-electron chi connectivity index (χ1n) is 2.38. The first-order valence-corrected chi connectivity index (χ1v) is 4.64. The Kier molecular flexibility index (Phi) is 5.00. The summed E-state index contributed by atoms with van der Waals surface area (Å²) in [6.07, 6.45) is -1.99. The fourth-order valence-corrected chi connectivity index (χ4v) is 0.976. The van der Waals surface area contributed by atoms with Gasteiger partial charge in [0.25, 0.3) is 5.91 Å². The zero-order chi connectivity index (χ0) is 9.72.